The second-order valence-corrected chi connectivity index (χ2v) is 6.20. The molecule has 0 aliphatic heterocycles. The third-order valence-corrected chi connectivity index (χ3v) is 3.78. The van der Waals surface area contributed by atoms with Gasteiger partial charge in [0.05, 0.1) is 12.5 Å². The standard InChI is InChI=1S/C20H25NO2/c1-14-6-9-19(10-7-14)23-13-17(4)21-20(22)12-18-11-15(2)5-8-16(18)3/h5-11,17H,12-13H2,1-4H3,(H,21,22)/t17-/m1/s1. The number of hydrogen-bond donors (Lipinski definition) is 1. The van der Waals surface area contributed by atoms with Crippen molar-refractivity contribution in [2.75, 3.05) is 6.61 Å². The first-order chi connectivity index (χ1) is 10.9. The van der Waals surface area contributed by atoms with Crippen LogP contribution in [0.4, 0.5) is 0 Å². The normalized spacial score (nSPS) is 11.8. The van der Waals surface area contributed by atoms with Gasteiger partial charge in [-0.3, -0.25) is 4.79 Å². The molecular weight excluding hydrogens is 286 g/mol. The Labute approximate surface area is 138 Å². The summed E-state index contributed by atoms with van der Waals surface area (Å²) >= 11 is 0. The molecule has 0 unspecified atom stereocenters. The zero-order valence-corrected chi connectivity index (χ0v) is 14.3. The molecule has 1 amide bonds. The number of carbonyl (C=O) groups is 1. The van der Waals surface area contributed by atoms with Crippen LogP contribution in [0.15, 0.2) is 42.5 Å². The Morgan fingerprint density at radius 2 is 1.70 bits per heavy atom. The van der Waals surface area contributed by atoms with E-state index in [1.54, 1.807) is 0 Å². The van der Waals surface area contributed by atoms with E-state index in [0.29, 0.717) is 13.0 Å². The van der Waals surface area contributed by atoms with E-state index in [1.165, 1.54) is 11.1 Å². The Morgan fingerprint density at radius 1 is 1.04 bits per heavy atom. The lowest BCUT2D eigenvalue weighted by molar-refractivity contribution is -0.121. The zero-order valence-electron chi connectivity index (χ0n) is 14.3. The van der Waals surface area contributed by atoms with Gasteiger partial charge in [0.2, 0.25) is 5.91 Å². The van der Waals surface area contributed by atoms with Crippen LogP contribution in [-0.4, -0.2) is 18.6 Å². The summed E-state index contributed by atoms with van der Waals surface area (Å²) in [4.78, 5) is 12.2. The monoisotopic (exact) mass is 311 g/mol. The number of benzene rings is 2. The Morgan fingerprint density at radius 3 is 2.39 bits per heavy atom. The van der Waals surface area contributed by atoms with Gasteiger partial charge in [0, 0.05) is 0 Å². The fourth-order valence-electron chi connectivity index (χ4n) is 2.39. The van der Waals surface area contributed by atoms with Crippen LogP contribution in [-0.2, 0) is 11.2 Å². The summed E-state index contributed by atoms with van der Waals surface area (Å²) in [5.74, 6) is 0.852. The van der Waals surface area contributed by atoms with Gasteiger partial charge in [-0.15, -0.1) is 0 Å². The van der Waals surface area contributed by atoms with E-state index in [4.69, 9.17) is 4.74 Å². The summed E-state index contributed by atoms with van der Waals surface area (Å²) in [5.41, 5.74) is 4.60. The molecule has 0 aromatic heterocycles. The smallest absolute Gasteiger partial charge is 0.224 e. The molecule has 0 saturated carbocycles. The Kier molecular flexibility index (Phi) is 5.80. The van der Waals surface area contributed by atoms with E-state index in [1.807, 2.05) is 52.0 Å². The van der Waals surface area contributed by atoms with Crippen LogP contribution in [0.1, 0.15) is 29.2 Å². The Balaban J connectivity index is 1.82. The lowest BCUT2D eigenvalue weighted by Crippen LogP contribution is -2.37. The fraction of sp³-hybridized carbons (Fsp3) is 0.350. The molecule has 1 N–H and O–H groups in total. The fourth-order valence-corrected chi connectivity index (χ4v) is 2.39. The average molecular weight is 311 g/mol. The minimum atomic E-state index is -0.0334. The molecule has 0 spiro atoms. The summed E-state index contributed by atoms with van der Waals surface area (Å²) in [6, 6.07) is 14.1. The second-order valence-electron chi connectivity index (χ2n) is 6.20. The van der Waals surface area contributed by atoms with Gasteiger partial charge < -0.3 is 10.1 Å². The predicted molar refractivity (Wildman–Crippen MR) is 93.9 cm³/mol. The molecule has 0 aliphatic carbocycles. The third-order valence-electron chi connectivity index (χ3n) is 3.78. The van der Waals surface area contributed by atoms with Crippen LogP contribution in [0.3, 0.4) is 0 Å². The van der Waals surface area contributed by atoms with Crippen LogP contribution in [0, 0.1) is 20.8 Å². The molecular formula is C20H25NO2. The Hall–Kier alpha value is -2.29. The largest absolute Gasteiger partial charge is 0.491 e. The van der Waals surface area contributed by atoms with E-state index in [0.717, 1.165) is 16.9 Å². The highest BCUT2D eigenvalue weighted by Crippen LogP contribution is 2.13. The first kappa shape index (κ1) is 17.1. The van der Waals surface area contributed by atoms with Crippen molar-refractivity contribution in [3.63, 3.8) is 0 Å². The number of rotatable bonds is 6. The highest BCUT2D eigenvalue weighted by atomic mass is 16.5. The molecule has 2 aromatic carbocycles. The molecule has 0 fully saturated rings. The van der Waals surface area contributed by atoms with Crippen LogP contribution in [0.2, 0.25) is 0 Å². The molecule has 3 nitrogen and oxygen atoms in total. The van der Waals surface area contributed by atoms with Crippen LogP contribution >= 0.6 is 0 Å². The van der Waals surface area contributed by atoms with Crippen LogP contribution in [0.25, 0.3) is 0 Å². The third kappa shape index (κ3) is 5.44. The van der Waals surface area contributed by atoms with Crippen molar-refractivity contribution in [2.24, 2.45) is 0 Å². The van der Waals surface area contributed by atoms with Crippen molar-refractivity contribution < 1.29 is 9.53 Å². The summed E-state index contributed by atoms with van der Waals surface area (Å²) in [6.45, 7) is 8.53. The first-order valence-electron chi connectivity index (χ1n) is 7.99. The molecule has 0 saturated heterocycles. The van der Waals surface area contributed by atoms with E-state index >= 15 is 0 Å². The molecule has 122 valence electrons. The summed E-state index contributed by atoms with van der Waals surface area (Å²) < 4.78 is 5.70. The molecule has 23 heavy (non-hydrogen) atoms. The maximum atomic E-state index is 12.2. The van der Waals surface area contributed by atoms with Crippen molar-refractivity contribution in [2.45, 2.75) is 40.2 Å². The summed E-state index contributed by atoms with van der Waals surface area (Å²) in [5, 5.41) is 2.99. The number of ether oxygens (including phenoxy) is 1. The molecule has 1 atom stereocenters. The SMILES string of the molecule is Cc1ccc(OC[C@@H](C)NC(=O)Cc2cc(C)ccc2C)cc1. The van der Waals surface area contributed by atoms with Crippen molar-refractivity contribution in [1.29, 1.82) is 0 Å². The van der Waals surface area contributed by atoms with Gasteiger partial charge in [-0.1, -0.05) is 41.5 Å². The van der Waals surface area contributed by atoms with Gasteiger partial charge in [0.15, 0.2) is 0 Å². The lowest BCUT2D eigenvalue weighted by atomic mass is 10.0. The van der Waals surface area contributed by atoms with Crippen molar-refractivity contribution >= 4 is 5.91 Å². The Bertz CT molecular complexity index is 662. The topological polar surface area (TPSA) is 38.3 Å². The van der Waals surface area contributed by atoms with Gasteiger partial charge in [0.25, 0.3) is 0 Å². The minimum absolute atomic E-state index is 0.0266. The second kappa shape index (κ2) is 7.82. The molecule has 2 rings (SSSR count). The van der Waals surface area contributed by atoms with Crippen LogP contribution in [0.5, 0.6) is 5.75 Å². The molecule has 0 aliphatic rings. The van der Waals surface area contributed by atoms with E-state index in [9.17, 15) is 4.79 Å². The maximum Gasteiger partial charge on any atom is 0.224 e. The molecule has 3 heteroatoms. The zero-order chi connectivity index (χ0) is 16.8. The van der Waals surface area contributed by atoms with Gasteiger partial charge in [-0.25, -0.2) is 0 Å². The van der Waals surface area contributed by atoms with E-state index in [2.05, 4.69) is 23.5 Å². The predicted octanol–water partition coefficient (Wildman–Crippen LogP) is 3.74. The van der Waals surface area contributed by atoms with Gasteiger partial charge in [-0.05, 0) is 51.0 Å². The molecule has 0 radical (unpaired) electrons. The highest BCUT2D eigenvalue weighted by Gasteiger charge is 2.10. The van der Waals surface area contributed by atoms with E-state index < -0.39 is 0 Å². The summed E-state index contributed by atoms with van der Waals surface area (Å²) in [6.07, 6.45) is 0.405. The first-order valence-corrected chi connectivity index (χ1v) is 7.99. The van der Waals surface area contributed by atoms with Crippen molar-refractivity contribution in [1.82, 2.24) is 5.32 Å². The van der Waals surface area contributed by atoms with Gasteiger partial charge in [-0.2, -0.15) is 0 Å². The van der Waals surface area contributed by atoms with E-state index in [-0.39, 0.29) is 11.9 Å². The maximum absolute atomic E-state index is 12.2. The average Bonchev–Trinajstić information content (AvgIpc) is 2.50. The number of amides is 1. The lowest BCUT2D eigenvalue weighted by Gasteiger charge is -2.16. The molecule has 2 aromatic rings. The van der Waals surface area contributed by atoms with Gasteiger partial charge in [0.1, 0.15) is 12.4 Å². The molecule has 0 bridgehead atoms. The van der Waals surface area contributed by atoms with Gasteiger partial charge >= 0.3 is 0 Å². The van der Waals surface area contributed by atoms with Crippen molar-refractivity contribution in [3.05, 3.63) is 64.7 Å². The number of nitrogens with one attached hydrogen (secondary N) is 1. The number of hydrogen-bond acceptors (Lipinski definition) is 2. The van der Waals surface area contributed by atoms with Crippen LogP contribution < -0.4 is 10.1 Å². The summed E-state index contributed by atoms with van der Waals surface area (Å²) in [7, 11) is 0. The highest BCUT2D eigenvalue weighted by molar-refractivity contribution is 5.79. The quantitative estimate of drug-likeness (QED) is 0.882. The number of carbonyl (C=O) groups excluding carboxylic acids is 1. The van der Waals surface area contributed by atoms with Crippen molar-refractivity contribution in [3.8, 4) is 5.75 Å². The molecule has 0 heterocycles. The number of aryl methyl sites for hydroxylation is 3. The minimum Gasteiger partial charge on any atom is -0.491 e.